The fraction of sp³-hybridized carbons (Fsp3) is 0.476. The quantitative estimate of drug-likeness (QED) is 0.332. The molecule has 0 spiro atoms. The number of fused-ring (bicyclic) bond motifs is 6. The predicted molar refractivity (Wildman–Crippen MR) is 178 cm³/mol. The van der Waals surface area contributed by atoms with Gasteiger partial charge in [0.25, 0.3) is 0 Å². The summed E-state index contributed by atoms with van der Waals surface area (Å²) in [6.07, 6.45) is 47.1. The zero-order valence-electron chi connectivity index (χ0n) is 25.7. The van der Waals surface area contributed by atoms with Crippen molar-refractivity contribution in [2.75, 3.05) is 0 Å². The van der Waals surface area contributed by atoms with Crippen molar-refractivity contribution in [3.63, 3.8) is 0 Å². The Morgan fingerprint density at radius 3 is 2.63 bits per heavy atom. The molecular formula is C42H46O. The van der Waals surface area contributed by atoms with Gasteiger partial charge in [-0.1, -0.05) is 101 Å². The van der Waals surface area contributed by atoms with Crippen molar-refractivity contribution in [1.29, 1.82) is 0 Å². The molecular weight excluding hydrogens is 520 g/mol. The summed E-state index contributed by atoms with van der Waals surface area (Å²) < 4.78 is 6.82. The Labute approximate surface area is 257 Å². The van der Waals surface area contributed by atoms with E-state index in [2.05, 4.69) is 72.9 Å². The number of rotatable bonds is 3. The minimum Gasteiger partial charge on any atom is -0.460 e. The molecule has 0 fully saturated rings. The monoisotopic (exact) mass is 566 g/mol. The third kappa shape index (κ3) is 4.32. The highest BCUT2D eigenvalue weighted by atomic mass is 16.3. The summed E-state index contributed by atoms with van der Waals surface area (Å²) in [7, 11) is 0. The van der Waals surface area contributed by atoms with Gasteiger partial charge in [-0.15, -0.1) is 0 Å². The van der Waals surface area contributed by atoms with E-state index >= 15 is 0 Å². The largest absolute Gasteiger partial charge is 0.460 e. The van der Waals surface area contributed by atoms with Crippen LogP contribution in [-0.2, 0) is 6.42 Å². The van der Waals surface area contributed by atoms with Gasteiger partial charge in [0.15, 0.2) is 0 Å². The van der Waals surface area contributed by atoms with Crippen molar-refractivity contribution in [3.8, 4) is 0 Å². The maximum Gasteiger partial charge on any atom is 0.134 e. The molecule has 8 aliphatic rings. The van der Waals surface area contributed by atoms with Crippen molar-refractivity contribution in [1.82, 2.24) is 0 Å². The van der Waals surface area contributed by atoms with Crippen LogP contribution in [0.2, 0.25) is 0 Å². The highest BCUT2D eigenvalue weighted by Gasteiger charge is 2.46. The van der Waals surface area contributed by atoms with Gasteiger partial charge < -0.3 is 4.42 Å². The lowest BCUT2D eigenvalue weighted by Crippen LogP contribution is -2.40. The van der Waals surface area contributed by atoms with Crippen LogP contribution in [0, 0.1) is 35.5 Å². The molecule has 0 amide bonds. The molecule has 1 aromatic rings. The van der Waals surface area contributed by atoms with Crippen LogP contribution in [0.1, 0.15) is 94.8 Å². The van der Waals surface area contributed by atoms with E-state index in [1.165, 1.54) is 86.2 Å². The normalized spacial score (nSPS) is 34.2. The molecule has 8 aliphatic carbocycles. The Kier molecular flexibility index (Phi) is 6.64. The van der Waals surface area contributed by atoms with E-state index in [0.717, 1.165) is 25.7 Å². The van der Waals surface area contributed by atoms with Gasteiger partial charge in [-0.2, -0.15) is 0 Å². The van der Waals surface area contributed by atoms with Gasteiger partial charge in [-0.3, -0.25) is 0 Å². The first-order chi connectivity index (χ1) is 21.3. The Balaban J connectivity index is 1.17. The summed E-state index contributed by atoms with van der Waals surface area (Å²) in [5.41, 5.74) is 13.1. The van der Waals surface area contributed by atoms with Crippen LogP contribution >= 0.6 is 0 Å². The summed E-state index contributed by atoms with van der Waals surface area (Å²) in [6.45, 7) is 0. The smallest absolute Gasteiger partial charge is 0.134 e. The molecule has 0 N–H and O–H groups in total. The van der Waals surface area contributed by atoms with E-state index in [-0.39, 0.29) is 0 Å². The fourth-order valence-corrected chi connectivity index (χ4v) is 10.5. The van der Waals surface area contributed by atoms with E-state index < -0.39 is 0 Å². The van der Waals surface area contributed by atoms with Crippen LogP contribution in [0.25, 0.3) is 17.7 Å². The van der Waals surface area contributed by atoms with Gasteiger partial charge in [0.2, 0.25) is 0 Å². The standard InChI is InChI=1S/C42H46O/c1-2-13-28-26-29(25-24-27(28)12-1)30-14-3-4-16-32(30)40-33-17-5-7-19-35(33)41(36-20-8-6-18-34(36)40)38-22-11-21-37-31-15-9-10-23-39(31)43-42(37)38/h2-4,7,9,13-15,19-21,24,28-29,32,34-35,41H,1,5-6,8,10-12,16-18,22-23,25-26H2. The molecule has 0 saturated heterocycles. The second kappa shape index (κ2) is 10.8. The van der Waals surface area contributed by atoms with E-state index in [1.54, 1.807) is 22.3 Å². The van der Waals surface area contributed by atoms with Gasteiger partial charge in [0.05, 0.1) is 0 Å². The summed E-state index contributed by atoms with van der Waals surface area (Å²) >= 11 is 0. The first-order valence-corrected chi connectivity index (χ1v) is 17.7. The summed E-state index contributed by atoms with van der Waals surface area (Å²) in [5.74, 6) is 4.73. The van der Waals surface area contributed by atoms with Crippen LogP contribution < -0.4 is 10.6 Å². The SMILES string of the molecule is C1=CCC(C2=C3CCC=CC3C(C3=c4oc5c(c4=CCC3)C=CCC5)C3=CCCCC32)C(C2CC=C3CCC=CC3C2)=C1. The lowest BCUT2D eigenvalue weighted by atomic mass is 9.56. The van der Waals surface area contributed by atoms with Crippen molar-refractivity contribution in [3.05, 3.63) is 111 Å². The molecule has 0 bridgehead atoms. The highest BCUT2D eigenvalue weighted by molar-refractivity contribution is 5.65. The first kappa shape index (κ1) is 26.4. The van der Waals surface area contributed by atoms with Crippen LogP contribution in [0.3, 0.4) is 0 Å². The summed E-state index contributed by atoms with van der Waals surface area (Å²) in [4.78, 5) is 0. The first-order valence-electron chi connectivity index (χ1n) is 17.7. The molecule has 1 aromatic heterocycles. The van der Waals surface area contributed by atoms with Gasteiger partial charge in [-0.05, 0) is 101 Å². The van der Waals surface area contributed by atoms with Gasteiger partial charge in [0, 0.05) is 40.9 Å². The van der Waals surface area contributed by atoms with E-state index in [0.29, 0.717) is 35.5 Å². The zero-order chi connectivity index (χ0) is 28.3. The summed E-state index contributed by atoms with van der Waals surface area (Å²) in [5, 5.41) is 1.40. The van der Waals surface area contributed by atoms with Crippen molar-refractivity contribution >= 4 is 17.7 Å². The van der Waals surface area contributed by atoms with Crippen molar-refractivity contribution < 1.29 is 4.42 Å². The van der Waals surface area contributed by atoms with Crippen molar-refractivity contribution in [2.24, 2.45) is 35.5 Å². The number of allylic oxidation sites excluding steroid dienone is 15. The third-order valence-electron chi connectivity index (χ3n) is 12.3. The van der Waals surface area contributed by atoms with E-state index in [1.807, 2.05) is 11.1 Å². The van der Waals surface area contributed by atoms with E-state index in [9.17, 15) is 0 Å². The maximum atomic E-state index is 6.82. The van der Waals surface area contributed by atoms with Crippen LogP contribution in [0.4, 0.5) is 0 Å². The lowest BCUT2D eigenvalue weighted by molar-refractivity contribution is 0.372. The molecule has 6 unspecified atom stereocenters. The third-order valence-corrected chi connectivity index (χ3v) is 12.3. The minimum absolute atomic E-state index is 0.476. The molecule has 1 heterocycles. The molecule has 0 aromatic carbocycles. The van der Waals surface area contributed by atoms with Gasteiger partial charge in [-0.25, -0.2) is 0 Å². The number of hydrogen-bond donors (Lipinski definition) is 0. The molecule has 6 atom stereocenters. The Morgan fingerprint density at radius 2 is 1.63 bits per heavy atom. The van der Waals surface area contributed by atoms with Crippen LogP contribution in [-0.4, -0.2) is 0 Å². The molecule has 0 saturated carbocycles. The molecule has 0 aliphatic heterocycles. The molecule has 43 heavy (non-hydrogen) atoms. The zero-order valence-corrected chi connectivity index (χ0v) is 25.7. The van der Waals surface area contributed by atoms with Crippen molar-refractivity contribution in [2.45, 2.75) is 89.9 Å². The number of aryl methyl sites for hydroxylation is 1. The highest BCUT2D eigenvalue weighted by Crippen LogP contribution is 2.57. The lowest BCUT2D eigenvalue weighted by Gasteiger charge is -2.48. The molecule has 220 valence electrons. The molecule has 9 rings (SSSR count). The van der Waals surface area contributed by atoms with E-state index in [4.69, 9.17) is 4.42 Å². The second-order valence-corrected chi connectivity index (χ2v) is 14.4. The van der Waals surface area contributed by atoms with Crippen LogP contribution in [0.15, 0.2) is 93.0 Å². The molecule has 1 nitrogen and oxygen atoms in total. The average Bonchev–Trinajstić information content (AvgIpc) is 3.46. The topological polar surface area (TPSA) is 13.1 Å². The van der Waals surface area contributed by atoms with Crippen LogP contribution in [0.5, 0.6) is 0 Å². The number of furan rings is 1. The Hall–Kier alpha value is -3.06. The molecule has 1 heteroatoms. The molecule has 0 radical (unpaired) electrons. The minimum atomic E-state index is 0.476. The fourth-order valence-electron chi connectivity index (χ4n) is 10.5. The summed E-state index contributed by atoms with van der Waals surface area (Å²) in [6, 6.07) is 0. The average molecular weight is 567 g/mol. The predicted octanol–water partition coefficient (Wildman–Crippen LogP) is 9.39. The Morgan fingerprint density at radius 1 is 0.721 bits per heavy atom. The van der Waals surface area contributed by atoms with Gasteiger partial charge in [0.1, 0.15) is 11.2 Å². The van der Waals surface area contributed by atoms with Gasteiger partial charge >= 0.3 is 0 Å². The second-order valence-electron chi connectivity index (χ2n) is 14.4. The Bertz CT molecular complexity index is 1700. The number of hydrogen-bond acceptors (Lipinski definition) is 1. The maximum absolute atomic E-state index is 6.82.